The second-order valence-electron chi connectivity index (χ2n) is 4.23. The van der Waals surface area contributed by atoms with Crippen molar-refractivity contribution >= 4 is 16.9 Å². The standard InChI is InChI=1S/C13H15NO3/c1-7-8(2)17-12-9(4-3-5-10(7)12)6-11(14)13(15)16/h3-5,11H,6,14H2,1-2H3,(H,15,16). The number of hydrogen-bond acceptors (Lipinski definition) is 3. The Bertz CT molecular complexity index is 571. The molecule has 0 fully saturated rings. The fourth-order valence-electron chi connectivity index (χ4n) is 1.90. The van der Waals surface area contributed by atoms with Crippen molar-refractivity contribution in [2.24, 2.45) is 5.73 Å². The Morgan fingerprint density at radius 2 is 2.18 bits per heavy atom. The fraction of sp³-hybridized carbons (Fsp3) is 0.308. The van der Waals surface area contributed by atoms with Crippen LogP contribution in [0.3, 0.4) is 0 Å². The quantitative estimate of drug-likeness (QED) is 0.850. The third-order valence-electron chi connectivity index (χ3n) is 3.04. The number of aliphatic carboxylic acids is 1. The van der Waals surface area contributed by atoms with Crippen molar-refractivity contribution in [2.75, 3.05) is 0 Å². The number of nitrogens with two attached hydrogens (primary N) is 1. The van der Waals surface area contributed by atoms with Gasteiger partial charge in [-0.15, -0.1) is 0 Å². The molecule has 3 N–H and O–H groups in total. The van der Waals surface area contributed by atoms with Crippen LogP contribution in [0.15, 0.2) is 22.6 Å². The molecule has 17 heavy (non-hydrogen) atoms. The fourth-order valence-corrected chi connectivity index (χ4v) is 1.90. The van der Waals surface area contributed by atoms with Gasteiger partial charge in [0, 0.05) is 11.8 Å². The van der Waals surface area contributed by atoms with Gasteiger partial charge in [-0.25, -0.2) is 0 Å². The maximum absolute atomic E-state index is 10.8. The number of rotatable bonds is 3. The minimum absolute atomic E-state index is 0.277. The molecule has 1 atom stereocenters. The van der Waals surface area contributed by atoms with E-state index in [9.17, 15) is 4.79 Å². The number of carboxylic acids is 1. The predicted octanol–water partition coefficient (Wildman–Crippen LogP) is 2.00. The number of carboxylic acid groups (broad SMARTS) is 1. The molecule has 2 rings (SSSR count). The SMILES string of the molecule is Cc1oc2c(CC(N)C(=O)O)cccc2c1C. The molecule has 4 heteroatoms. The second-order valence-corrected chi connectivity index (χ2v) is 4.23. The lowest BCUT2D eigenvalue weighted by molar-refractivity contribution is -0.138. The summed E-state index contributed by atoms with van der Waals surface area (Å²) in [6, 6.07) is 4.82. The van der Waals surface area contributed by atoms with Gasteiger partial charge in [0.05, 0.1) is 0 Å². The predicted molar refractivity (Wildman–Crippen MR) is 65.0 cm³/mol. The van der Waals surface area contributed by atoms with Gasteiger partial charge in [0.1, 0.15) is 17.4 Å². The van der Waals surface area contributed by atoms with Crippen LogP contribution in [0.1, 0.15) is 16.9 Å². The molecule has 0 saturated heterocycles. The maximum atomic E-state index is 10.8. The van der Waals surface area contributed by atoms with Crippen LogP contribution in [0.25, 0.3) is 11.0 Å². The molecule has 1 unspecified atom stereocenters. The minimum atomic E-state index is -0.998. The van der Waals surface area contributed by atoms with Crippen LogP contribution in [0.4, 0.5) is 0 Å². The summed E-state index contributed by atoms with van der Waals surface area (Å²) >= 11 is 0. The average Bonchev–Trinajstić information content (AvgIpc) is 2.57. The summed E-state index contributed by atoms with van der Waals surface area (Å²) in [4.78, 5) is 10.8. The first-order valence-corrected chi connectivity index (χ1v) is 5.46. The molecule has 1 heterocycles. The van der Waals surface area contributed by atoms with Gasteiger partial charge in [-0.05, 0) is 25.0 Å². The van der Waals surface area contributed by atoms with E-state index in [4.69, 9.17) is 15.3 Å². The van der Waals surface area contributed by atoms with Gasteiger partial charge in [0.15, 0.2) is 0 Å². The van der Waals surface area contributed by atoms with Gasteiger partial charge in [-0.3, -0.25) is 4.79 Å². The van der Waals surface area contributed by atoms with E-state index in [0.717, 1.165) is 27.9 Å². The largest absolute Gasteiger partial charge is 0.480 e. The van der Waals surface area contributed by atoms with Crippen molar-refractivity contribution in [3.63, 3.8) is 0 Å². The van der Waals surface area contributed by atoms with Crippen LogP contribution in [-0.2, 0) is 11.2 Å². The first-order valence-electron chi connectivity index (χ1n) is 5.46. The van der Waals surface area contributed by atoms with Crippen LogP contribution in [0.2, 0.25) is 0 Å². The molecule has 4 nitrogen and oxygen atoms in total. The van der Waals surface area contributed by atoms with Crippen molar-refractivity contribution in [3.05, 3.63) is 35.1 Å². The van der Waals surface area contributed by atoms with Crippen molar-refractivity contribution in [1.82, 2.24) is 0 Å². The highest BCUT2D eigenvalue weighted by molar-refractivity contribution is 5.85. The summed E-state index contributed by atoms with van der Waals surface area (Å²) in [5.41, 5.74) is 8.22. The number of fused-ring (bicyclic) bond motifs is 1. The van der Waals surface area contributed by atoms with Crippen LogP contribution in [0.5, 0.6) is 0 Å². The molecule has 0 spiro atoms. The zero-order chi connectivity index (χ0) is 12.6. The molecule has 0 aliphatic heterocycles. The highest BCUT2D eigenvalue weighted by Crippen LogP contribution is 2.27. The third-order valence-corrected chi connectivity index (χ3v) is 3.04. The Labute approximate surface area is 99.0 Å². The van der Waals surface area contributed by atoms with E-state index in [-0.39, 0.29) is 6.42 Å². The first kappa shape index (κ1) is 11.7. The molecule has 90 valence electrons. The van der Waals surface area contributed by atoms with Gasteiger partial charge in [-0.1, -0.05) is 18.2 Å². The van der Waals surface area contributed by atoms with Crippen LogP contribution in [-0.4, -0.2) is 17.1 Å². The second kappa shape index (κ2) is 4.22. The molecule has 0 aliphatic carbocycles. The molecule has 0 bridgehead atoms. The van der Waals surface area contributed by atoms with Gasteiger partial charge >= 0.3 is 5.97 Å². The number of hydrogen-bond donors (Lipinski definition) is 2. The normalized spacial score (nSPS) is 12.9. The number of carbonyl (C=O) groups is 1. The van der Waals surface area contributed by atoms with E-state index in [1.54, 1.807) is 0 Å². The van der Waals surface area contributed by atoms with E-state index in [1.807, 2.05) is 32.0 Å². The Morgan fingerprint density at radius 1 is 1.47 bits per heavy atom. The monoisotopic (exact) mass is 233 g/mol. The number of furan rings is 1. The first-order chi connectivity index (χ1) is 8.00. The Kier molecular flexibility index (Phi) is 2.90. The van der Waals surface area contributed by atoms with E-state index < -0.39 is 12.0 Å². The summed E-state index contributed by atoms with van der Waals surface area (Å²) in [6.07, 6.45) is 0.277. The summed E-state index contributed by atoms with van der Waals surface area (Å²) in [5.74, 6) is -0.140. The maximum Gasteiger partial charge on any atom is 0.320 e. The number of benzene rings is 1. The average molecular weight is 233 g/mol. The van der Waals surface area contributed by atoms with Crippen molar-refractivity contribution in [2.45, 2.75) is 26.3 Å². The molecular formula is C13H15NO3. The minimum Gasteiger partial charge on any atom is -0.480 e. The van der Waals surface area contributed by atoms with Gasteiger partial charge in [0.25, 0.3) is 0 Å². The summed E-state index contributed by atoms with van der Waals surface area (Å²) in [7, 11) is 0. The lowest BCUT2D eigenvalue weighted by atomic mass is 10.0. The topological polar surface area (TPSA) is 76.5 Å². The van der Waals surface area contributed by atoms with E-state index in [1.165, 1.54) is 0 Å². The van der Waals surface area contributed by atoms with Crippen LogP contribution < -0.4 is 5.73 Å². The molecule has 2 aromatic rings. The Hall–Kier alpha value is -1.81. The van der Waals surface area contributed by atoms with Crippen molar-refractivity contribution in [1.29, 1.82) is 0 Å². The Morgan fingerprint density at radius 3 is 2.82 bits per heavy atom. The lowest BCUT2D eigenvalue weighted by Crippen LogP contribution is -2.32. The van der Waals surface area contributed by atoms with Gasteiger partial charge in [-0.2, -0.15) is 0 Å². The molecular weight excluding hydrogens is 218 g/mol. The van der Waals surface area contributed by atoms with Crippen molar-refractivity contribution in [3.8, 4) is 0 Å². The van der Waals surface area contributed by atoms with E-state index in [2.05, 4.69) is 0 Å². The van der Waals surface area contributed by atoms with Gasteiger partial charge < -0.3 is 15.3 Å². The smallest absolute Gasteiger partial charge is 0.320 e. The lowest BCUT2D eigenvalue weighted by Gasteiger charge is -2.06. The highest BCUT2D eigenvalue weighted by atomic mass is 16.4. The molecule has 0 radical (unpaired) electrons. The van der Waals surface area contributed by atoms with Crippen LogP contribution >= 0.6 is 0 Å². The van der Waals surface area contributed by atoms with E-state index >= 15 is 0 Å². The Balaban J connectivity index is 2.48. The molecule has 0 amide bonds. The summed E-state index contributed by atoms with van der Waals surface area (Å²) in [5, 5.41) is 9.85. The van der Waals surface area contributed by atoms with E-state index in [0.29, 0.717) is 0 Å². The highest BCUT2D eigenvalue weighted by Gasteiger charge is 2.16. The summed E-state index contributed by atoms with van der Waals surface area (Å²) in [6.45, 7) is 3.89. The van der Waals surface area contributed by atoms with Crippen LogP contribution in [0, 0.1) is 13.8 Å². The number of para-hydroxylation sites is 1. The van der Waals surface area contributed by atoms with Gasteiger partial charge in [0.2, 0.25) is 0 Å². The molecule has 0 aliphatic rings. The summed E-state index contributed by atoms with van der Waals surface area (Å²) < 4.78 is 5.66. The van der Waals surface area contributed by atoms with Crippen molar-refractivity contribution < 1.29 is 14.3 Å². The molecule has 0 saturated carbocycles. The number of aryl methyl sites for hydroxylation is 2. The molecule has 1 aromatic carbocycles. The molecule has 1 aromatic heterocycles. The third kappa shape index (κ3) is 2.03. The zero-order valence-corrected chi connectivity index (χ0v) is 9.86. The zero-order valence-electron chi connectivity index (χ0n) is 9.86.